The number of amides is 1. The molecule has 1 aromatic heterocycles. The monoisotopic (exact) mass is 291 g/mol. The summed E-state index contributed by atoms with van der Waals surface area (Å²) in [5.41, 5.74) is 0.554. The van der Waals surface area contributed by atoms with Crippen molar-refractivity contribution < 1.29 is 14.7 Å². The number of hydrogen-bond donors (Lipinski definition) is 2. The van der Waals surface area contributed by atoms with Gasteiger partial charge in [-0.15, -0.1) is 0 Å². The highest BCUT2D eigenvalue weighted by molar-refractivity contribution is 5.93. The average Bonchev–Trinajstić information content (AvgIpc) is 3.19. The van der Waals surface area contributed by atoms with Gasteiger partial charge in [0.2, 0.25) is 0 Å². The molecule has 6 nitrogen and oxygen atoms in total. The highest BCUT2D eigenvalue weighted by Crippen LogP contribution is 2.30. The number of nitrogens with zero attached hydrogens (tertiary/aromatic N) is 2. The third-order valence-corrected chi connectivity index (χ3v) is 4.72. The van der Waals surface area contributed by atoms with Gasteiger partial charge in [-0.05, 0) is 31.7 Å². The molecule has 2 aliphatic carbocycles. The molecule has 0 aromatic carbocycles. The summed E-state index contributed by atoms with van der Waals surface area (Å²) in [6, 6.07) is 1.76. The van der Waals surface area contributed by atoms with E-state index in [4.69, 9.17) is 0 Å². The summed E-state index contributed by atoms with van der Waals surface area (Å²) in [7, 11) is 0. The van der Waals surface area contributed by atoms with Crippen LogP contribution in [0.4, 0.5) is 0 Å². The number of nitrogens with one attached hydrogen (secondary N) is 1. The van der Waals surface area contributed by atoms with Gasteiger partial charge in [0.15, 0.2) is 0 Å². The van der Waals surface area contributed by atoms with E-state index in [1.165, 1.54) is 12.8 Å². The van der Waals surface area contributed by atoms with Gasteiger partial charge < -0.3 is 10.4 Å². The number of aromatic nitrogens is 2. The Morgan fingerprint density at radius 3 is 2.67 bits per heavy atom. The molecule has 1 heterocycles. The summed E-state index contributed by atoms with van der Waals surface area (Å²) < 4.78 is 1.81. The molecule has 2 N–H and O–H groups in total. The molecule has 2 aliphatic rings. The van der Waals surface area contributed by atoms with Crippen molar-refractivity contribution in [3.8, 4) is 0 Å². The smallest absolute Gasteiger partial charge is 0.308 e. The van der Waals surface area contributed by atoms with E-state index < -0.39 is 11.9 Å². The second-order valence-corrected chi connectivity index (χ2v) is 6.05. The number of carboxylic acids is 1. The number of carboxylic acid groups (broad SMARTS) is 1. The summed E-state index contributed by atoms with van der Waals surface area (Å²) in [6.07, 6.45) is 8.35. The van der Waals surface area contributed by atoms with Gasteiger partial charge in [0.1, 0.15) is 5.69 Å². The number of carbonyl (C=O) groups excluding carboxylic acids is 1. The highest BCUT2D eigenvalue weighted by Gasteiger charge is 2.34. The molecule has 6 heteroatoms. The van der Waals surface area contributed by atoms with Crippen molar-refractivity contribution in [3.05, 3.63) is 18.0 Å². The summed E-state index contributed by atoms with van der Waals surface area (Å²) in [6.45, 7) is 0. The van der Waals surface area contributed by atoms with Gasteiger partial charge in [-0.1, -0.05) is 19.3 Å². The molecule has 0 bridgehead atoms. The van der Waals surface area contributed by atoms with E-state index in [9.17, 15) is 14.7 Å². The molecule has 2 fully saturated rings. The maximum Gasteiger partial charge on any atom is 0.308 e. The minimum atomic E-state index is -0.817. The Morgan fingerprint density at radius 1 is 1.19 bits per heavy atom. The van der Waals surface area contributed by atoms with Crippen molar-refractivity contribution in [1.82, 2.24) is 15.1 Å². The Hall–Kier alpha value is -1.85. The van der Waals surface area contributed by atoms with Crippen LogP contribution in [0.25, 0.3) is 0 Å². The summed E-state index contributed by atoms with van der Waals surface area (Å²) in [5, 5.41) is 16.4. The zero-order valence-electron chi connectivity index (χ0n) is 12.0. The molecule has 21 heavy (non-hydrogen) atoms. The van der Waals surface area contributed by atoms with Gasteiger partial charge in [-0.3, -0.25) is 14.3 Å². The van der Waals surface area contributed by atoms with Crippen molar-refractivity contribution in [2.45, 2.75) is 57.0 Å². The van der Waals surface area contributed by atoms with E-state index >= 15 is 0 Å². The molecule has 114 valence electrons. The molecule has 1 amide bonds. The highest BCUT2D eigenvalue weighted by atomic mass is 16.4. The first-order chi connectivity index (χ1) is 10.2. The Balaban J connectivity index is 1.71. The lowest BCUT2D eigenvalue weighted by atomic mass is 10.0. The second-order valence-electron chi connectivity index (χ2n) is 6.05. The van der Waals surface area contributed by atoms with Crippen LogP contribution in [0.5, 0.6) is 0 Å². The lowest BCUT2D eigenvalue weighted by Gasteiger charge is -2.19. The summed E-state index contributed by atoms with van der Waals surface area (Å²) in [4.78, 5) is 23.6. The SMILES string of the molecule is O=C(N[C@H]1CCC[C@H]1C(=O)O)c1ccnn1C1CCCC1. The fraction of sp³-hybridized carbons (Fsp3) is 0.667. The predicted molar refractivity (Wildman–Crippen MR) is 76.0 cm³/mol. The lowest BCUT2D eigenvalue weighted by molar-refractivity contribution is -0.142. The second kappa shape index (κ2) is 5.87. The Morgan fingerprint density at radius 2 is 1.95 bits per heavy atom. The number of aliphatic carboxylic acids is 1. The maximum atomic E-state index is 12.4. The van der Waals surface area contributed by atoms with Crippen LogP contribution < -0.4 is 5.32 Å². The van der Waals surface area contributed by atoms with Crippen LogP contribution in [0.3, 0.4) is 0 Å². The Kier molecular flexibility index (Phi) is 3.94. The van der Waals surface area contributed by atoms with Crippen molar-refractivity contribution in [3.63, 3.8) is 0 Å². The van der Waals surface area contributed by atoms with Crippen LogP contribution in [0.1, 0.15) is 61.5 Å². The van der Waals surface area contributed by atoms with E-state index in [-0.39, 0.29) is 11.9 Å². The molecular formula is C15H21N3O3. The zero-order valence-corrected chi connectivity index (χ0v) is 12.0. The van der Waals surface area contributed by atoms with E-state index in [0.717, 1.165) is 25.7 Å². The number of hydrogen-bond acceptors (Lipinski definition) is 3. The van der Waals surface area contributed by atoms with Gasteiger partial charge in [0, 0.05) is 12.2 Å². The standard InChI is InChI=1S/C15H21N3O3/c19-14(17-12-7-3-6-11(12)15(20)21)13-8-9-16-18(13)10-4-1-2-5-10/h8-12H,1-7H2,(H,17,19)(H,20,21)/t11-,12+/m1/s1. The van der Waals surface area contributed by atoms with Crippen LogP contribution >= 0.6 is 0 Å². The van der Waals surface area contributed by atoms with Crippen LogP contribution in [0.15, 0.2) is 12.3 Å². The van der Waals surface area contributed by atoms with E-state index in [1.54, 1.807) is 12.3 Å². The Bertz CT molecular complexity index is 534. The van der Waals surface area contributed by atoms with Crippen molar-refractivity contribution in [1.29, 1.82) is 0 Å². The van der Waals surface area contributed by atoms with Gasteiger partial charge in [-0.25, -0.2) is 0 Å². The largest absolute Gasteiger partial charge is 0.481 e. The van der Waals surface area contributed by atoms with Crippen LogP contribution in [0, 0.1) is 5.92 Å². The van der Waals surface area contributed by atoms with Crippen LogP contribution in [-0.4, -0.2) is 32.8 Å². The zero-order chi connectivity index (χ0) is 14.8. The van der Waals surface area contributed by atoms with E-state index in [0.29, 0.717) is 18.2 Å². The van der Waals surface area contributed by atoms with Crippen LogP contribution in [-0.2, 0) is 4.79 Å². The summed E-state index contributed by atoms with van der Waals surface area (Å²) in [5.74, 6) is -1.48. The van der Waals surface area contributed by atoms with E-state index in [2.05, 4.69) is 10.4 Å². The molecule has 2 saturated carbocycles. The first-order valence-electron chi connectivity index (χ1n) is 7.74. The molecule has 1 aromatic rings. The normalized spacial score (nSPS) is 26.1. The molecule has 2 atom stereocenters. The van der Waals surface area contributed by atoms with Gasteiger partial charge in [-0.2, -0.15) is 5.10 Å². The lowest BCUT2D eigenvalue weighted by Crippen LogP contribution is -2.41. The van der Waals surface area contributed by atoms with Gasteiger partial charge in [0.25, 0.3) is 5.91 Å². The topological polar surface area (TPSA) is 84.2 Å². The third kappa shape index (κ3) is 2.80. The van der Waals surface area contributed by atoms with Crippen molar-refractivity contribution >= 4 is 11.9 Å². The average molecular weight is 291 g/mol. The molecule has 0 aliphatic heterocycles. The fourth-order valence-corrected chi connectivity index (χ4v) is 3.60. The Labute approximate surface area is 123 Å². The molecule has 0 saturated heterocycles. The van der Waals surface area contributed by atoms with E-state index in [1.807, 2.05) is 4.68 Å². The number of rotatable bonds is 4. The quantitative estimate of drug-likeness (QED) is 0.888. The van der Waals surface area contributed by atoms with Crippen LogP contribution in [0.2, 0.25) is 0 Å². The molecular weight excluding hydrogens is 270 g/mol. The molecule has 0 unspecified atom stereocenters. The number of carbonyl (C=O) groups is 2. The van der Waals surface area contributed by atoms with Crippen molar-refractivity contribution in [2.75, 3.05) is 0 Å². The first-order valence-corrected chi connectivity index (χ1v) is 7.74. The first kappa shape index (κ1) is 14.1. The van der Waals surface area contributed by atoms with Gasteiger partial charge >= 0.3 is 5.97 Å². The predicted octanol–water partition coefficient (Wildman–Crippen LogP) is 1.98. The maximum absolute atomic E-state index is 12.4. The van der Waals surface area contributed by atoms with Gasteiger partial charge in [0.05, 0.1) is 12.0 Å². The van der Waals surface area contributed by atoms with Crippen molar-refractivity contribution in [2.24, 2.45) is 5.92 Å². The molecule has 3 rings (SSSR count). The third-order valence-electron chi connectivity index (χ3n) is 4.72. The molecule has 0 spiro atoms. The minimum Gasteiger partial charge on any atom is -0.481 e. The fourth-order valence-electron chi connectivity index (χ4n) is 3.60. The molecule has 0 radical (unpaired) electrons. The minimum absolute atomic E-state index is 0.197. The summed E-state index contributed by atoms with van der Waals surface area (Å²) >= 11 is 0.